The van der Waals surface area contributed by atoms with Crippen LogP contribution in [0.1, 0.15) is 33.1 Å². The zero-order chi connectivity index (χ0) is 9.26. The van der Waals surface area contributed by atoms with Gasteiger partial charge in [0, 0.05) is 18.6 Å². The Morgan fingerprint density at radius 3 is 2.77 bits per heavy atom. The van der Waals surface area contributed by atoms with Crippen LogP contribution in [0.2, 0.25) is 0 Å². The molecule has 76 valence electrons. The second kappa shape index (κ2) is 3.97. The average molecular weight is 182 g/mol. The maximum absolute atomic E-state index is 3.47. The van der Waals surface area contributed by atoms with E-state index in [9.17, 15) is 0 Å². The third-order valence-electron chi connectivity index (χ3n) is 3.62. The van der Waals surface area contributed by atoms with E-state index in [1.165, 1.54) is 38.9 Å². The molecule has 1 N–H and O–H groups in total. The molecular formula is C11H22N2. The van der Waals surface area contributed by atoms with E-state index in [1.54, 1.807) is 0 Å². The minimum Gasteiger partial charge on any atom is -0.315 e. The summed E-state index contributed by atoms with van der Waals surface area (Å²) in [6, 6.07) is 1.71. The van der Waals surface area contributed by atoms with E-state index in [0.717, 1.165) is 18.0 Å². The van der Waals surface area contributed by atoms with E-state index in [2.05, 4.69) is 24.1 Å². The standard InChI is InChI=1S/C11H22N2/c1-9(2)11-4-3-7-13(11)10-5-6-12-8-10/h9-12H,3-8H2,1-2H3/t10-,11-/m0/s1. The predicted octanol–water partition coefficient (Wildman–Crippen LogP) is 1.47. The second-order valence-corrected chi connectivity index (χ2v) is 4.84. The highest BCUT2D eigenvalue weighted by Gasteiger charge is 2.33. The van der Waals surface area contributed by atoms with Crippen LogP contribution in [0.25, 0.3) is 0 Å². The Labute approximate surface area is 81.7 Å². The third-order valence-corrected chi connectivity index (χ3v) is 3.62. The SMILES string of the molecule is CC(C)[C@@H]1CCCN1[C@H]1CCNC1. The number of nitrogens with zero attached hydrogens (tertiary/aromatic N) is 1. The molecule has 2 fully saturated rings. The van der Waals surface area contributed by atoms with E-state index in [1.807, 2.05) is 0 Å². The van der Waals surface area contributed by atoms with Gasteiger partial charge in [0.2, 0.25) is 0 Å². The van der Waals surface area contributed by atoms with Gasteiger partial charge in [0.1, 0.15) is 0 Å². The minimum absolute atomic E-state index is 0.836. The molecule has 0 radical (unpaired) electrons. The fraction of sp³-hybridized carbons (Fsp3) is 1.00. The lowest BCUT2D eigenvalue weighted by Gasteiger charge is -2.32. The number of likely N-dealkylation sites (tertiary alicyclic amines) is 1. The van der Waals surface area contributed by atoms with Gasteiger partial charge in [-0.15, -0.1) is 0 Å². The first-order valence-electron chi connectivity index (χ1n) is 5.75. The molecule has 0 aromatic rings. The fourth-order valence-electron chi connectivity index (χ4n) is 2.91. The quantitative estimate of drug-likeness (QED) is 0.695. The predicted molar refractivity (Wildman–Crippen MR) is 55.8 cm³/mol. The molecule has 0 bridgehead atoms. The number of hydrogen-bond acceptors (Lipinski definition) is 2. The summed E-state index contributed by atoms with van der Waals surface area (Å²) in [6.07, 6.45) is 4.21. The van der Waals surface area contributed by atoms with Crippen LogP contribution >= 0.6 is 0 Å². The van der Waals surface area contributed by atoms with Crippen molar-refractivity contribution in [3.05, 3.63) is 0 Å². The van der Waals surface area contributed by atoms with Crippen molar-refractivity contribution in [2.75, 3.05) is 19.6 Å². The molecule has 0 aromatic heterocycles. The van der Waals surface area contributed by atoms with Crippen LogP contribution < -0.4 is 5.32 Å². The molecule has 2 nitrogen and oxygen atoms in total. The van der Waals surface area contributed by atoms with E-state index in [0.29, 0.717) is 0 Å². The largest absolute Gasteiger partial charge is 0.315 e. The summed E-state index contributed by atoms with van der Waals surface area (Å²) in [7, 11) is 0. The Morgan fingerprint density at radius 2 is 2.15 bits per heavy atom. The van der Waals surface area contributed by atoms with Crippen LogP contribution in [0.5, 0.6) is 0 Å². The van der Waals surface area contributed by atoms with E-state index in [-0.39, 0.29) is 0 Å². The summed E-state index contributed by atoms with van der Waals surface area (Å²) in [5.74, 6) is 0.836. The number of rotatable bonds is 2. The van der Waals surface area contributed by atoms with E-state index < -0.39 is 0 Å². The lowest BCUT2D eigenvalue weighted by Crippen LogP contribution is -2.42. The lowest BCUT2D eigenvalue weighted by atomic mass is 10.0. The zero-order valence-electron chi connectivity index (χ0n) is 8.92. The summed E-state index contributed by atoms with van der Waals surface area (Å²) in [5, 5.41) is 3.47. The van der Waals surface area contributed by atoms with Gasteiger partial charge in [-0.3, -0.25) is 4.90 Å². The van der Waals surface area contributed by atoms with Crippen molar-refractivity contribution >= 4 is 0 Å². The second-order valence-electron chi connectivity index (χ2n) is 4.84. The molecule has 2 heterocycles. The fourth-order valence-corrected chi connectivity index (χ4v) is 2.91. The highest BCUT2D eigenvalue weighted by molar-refractivity contribution is 4.90. The molecule has 0 saturated carbocycles. The van der Waals surface area contributed by atoms with Crippen LogP contribution in [0.4, 0.5) is 0 Å². The normalized spacial score (nSPS) is 36.2. The van der Waals surface area contributed by atoms with Gasteiger partial charge >= 0.3 is 0 Å². The van der Waals surface area contributed by atoms with Gasteiger partial charge < -0.3 is 5.32 Å². The van der Waals surface area contributed by atoms with Crippen molar-refractivity contribution in [3.8, 4) is 0 Å². The van der Waals surface area contributed by atoms with Gasteiger partial charge in [-0.05, 0) is 38.3 Å². The molecule has 0 aliphatic carbocycles. The van der Waals surface area contributed by atoms with Crippen LogP contribution in [0.3, 0.4) is 0 Å². The zero-order valence-corrected chi connectivity index (χ0v) is 8.92. The van der Waals surface area contributed by atoms with Crippen molar-refractivity contribution in [2.24, 2.45) is 5.92 Å². The third kappa shape index (κ3) is 1.89. The number of hydrogen-bond donors (Lipinski definition) is 1. The average Bonchev–Trinajstić information content (AvgIpc) is 2.74. The Balaban J connectivity index is 1.96. The van der Waals surface area contributed by atoms with Crippen molar-refractivity contribution in [3.63, 3.8) is 0 Å². The summed E-state index contributed by atoms with van der Waals surface area (Å²) in [6.45, 7) is 8.53. The summed E-state index contributed by atoms with van der Waals surface area (Å²) in [5.41, 5.74) is 0. The Morgan fingerprint density at radius 1 is 1.31 bits per heavy atom. The number of nitrogens with one attached hydrogen (secondary N) is 1. The van der Waals surface area contributed by atoms with Gasteiger partial charge in [0.25, 0.3) is 0 Å². The Hall–Kier alpha value is -0.0800. The van der Waals surface area contributed by atoms with Crippen molar-refractivity contribution in [2.45, 2.75) is 45.2 Å². The molecule has 2 aliphatic rings. The van der Waals surface area contributed by atoms with Crippen molar-refractivity contribution < 1.29 is 0 Å². The van der Waals surface area contributed by atoms with Crippen LogP contribution in [-0.4, -0.2) is 36.6 Å². The molecule has 0 aromatic carbocycles. The van der Waals surface area contributed by atoms with Crippen molar-refractivity contribution in [1.82, 2.24) is 10.2 Å². The molecule has 0 unspecified atom stereocenters. The molecule has 2 atom stereocenters. The van der Waals surface area contributed by atoms with Crippen molar-refractivity contribution in [1.29, 1.82) is 0 Å². The monoisotopic (exact) mass is 182 g/mol. The molecule has 2 rings (SSSR count). The van der Waals surface area contributed by atoms with Gasteiger partial charge in [-0.1, -0.05) is 13.8 Å². The van der Waals surface area contributed by atoms with Crippen LogP contribution in [0.15, 0.2) is 0 Å². The van der Waals surface area contributed by atoms with Gasteiger partial charge in [-0.25, -0.2) is 0 Å². The first-order chi connectivity index (χ1) is 6.29. The lowest BCUT2D eigenvalue weighted by molar-refractivity contribution is 0.155. The Kier molecular flexibility index (Phi) is 2.89. The van der Waals surface area contributed by atoms with Gasteiger partial charge in [0.05, 0.1) is 0 Å². The van der Waals surface area contributed by atoms with E-state index in [4.69, 9.17) is 0 Å². The molecule has 0 amide bonds. The maximum Gasteiger partial charge on any atom is 0.0235 e. The highest BCUT2D eigenvalue weighted by Crippen LogP contribution is 2.27. The Bertz CT molecular complexity index is 161. The first-order valence-corrected chi connectivity index (χ1v) is 5.75. The topological polar surface area (TPSA) is 15.3 Å². The van der Waals surface area contributed by atoms with Crippen LogP contribution in [0, 0.1) is 5.92 Å². The molecular weight excluding hydrogens is 160 g/mol. The molecule has 13 heavy (non-hydrogen) atoms. The molecule has 2 heteroatoms. The first kappa shape index (κ1) is 9.47. The maximum atomic E-state index is 3.47. The molecule has 2 saturated heterocycles. The summed E-state index contributed by atoms with van der Waals surface area (Å²) in [4.78, 5) is 2.75. The van der Waals surface area contributed by atoms with Crippen LogP contribution in [-0.2, 0) is 0 Å². The smallest absolute Gasteiger partial charge is 0.0235 e. The summed E-state index contributed by atoms with van der Waals surface area (Å²) >= 11 is 0. The molecule has 0 spiro atoms. The van der Waals surface area contributed by atoms with Gasteiger partial charge in [-0.2, -0.15) is 0 Å². The minimum atomic E-state index is 0.836. The van der Waals surface area contributed by atoms with Gasteiger partial charge in [0.15, 0.2) is 0 Å². The van der Waals surface area contributed by atoms with E-state index >= 15 is 0 Å². The summed E-state index contributed by atoms with van der Waals surface area (Å²) < 4.78 is 0. The molecule has 2 aliphatic heterocycles. The highest BCUT2D eigenvalue weighted by atomic mass is 15.2.